The van der Waals surface area contributed by atoms with Crippen LogP contribution in [0.3, 0.4) is 0 Å². The fourth-order valence-corrected chi connectivity index (χ4v) is 5.76. The molecule has 49 heavy (non-hydrogen) atoms. The van der Waals surface area contributed by atoms with Gasteiger partial charge in [-0.2, -0.15) is 0 Å². The van der Waals surface area contributed by atoms with Crippen molar-refractivity contribution in [2.24, 2.45) is 0 Å². The van der Waals surface area contributed by atoms with Crippen molar-refractivity contribution in [3.8, 4) is 0 Å². The van der Waals surface area contributed by atoms with Gasteiger partial charge in [-0.05, 0) is 47.9 Å². The molecule has 1 saturated heterocycles. The van der Waals surface area contributed by atoms with Crippen LogP contribution in [-0.4, -0.2) is 104 Å². The van der Waals surface area contributed by atoms with Gasteiger partial charge in [0.15, 0.2) is 0 Å². The summed E-state index contributed by atoms with van der Waals surface area (Å²) in [5.41, 5.74) is 2.42. The van der Waals surface area contributed by atoms with Gasteiger partial charge < -0.3 is 24.4 Å². The smallest absolute Gasteiger partial charge is 0.264 e. The van der Waals surface area contributed by atoms with Crippen LogP contribution in [0, 0.1) is 5.82 Å². The minimum atomic E-state index is -1.03. The Labute approximate surface area is 282 Å². The van der Waals surface area contributed by atoms with Gasteiger partial charge in [0.25, 0.3) is 11.8 Å². The second-order valence-corrected chi connectivity index (χ2v) is 11.4. The van der Waals surface area contributed by atoms with Crippen LogP contribution in [0.15, 0.2) is 67.0 Å². The molecule has 0 radical (unpaired) electrons. The highest BCUT2D eigenvalue weighted by Gasteiger charge is 2.45. The molecule has 258 valence electrons. The number of rotatable bonds is 17. The molecule has 1 fully saturated rings. The Morgan fingerprint density at radius 2 is 1.65 bits per heavy atom. The van der Waals surface area contributed by atoms with E-state index in [1.165, 1.54) is 18.2 Å². The highest BCUT2D eigenvalue weighted by molar-refractivity contribution is 6.25. The van der Waals surface area contributed by atoms with Gasteiger partial charge in [-0.1, -0.05) is 24.3 Å². The SMILES string of the molecule is CN(C(=O)CCOCCOCCOCCNc1cccc2c1C(=O)N(C1CCC(=O)NC1=O)C2=O)C(c1ccc(F)cc1)c1cccnc1. The third-order valence-corrected chi connectivity index (χ3v) is 8.20. The number of pyridine rings is 1. The van der Waals surface area contributed by atoms with E-state index in [-0.39, 0.29) is 48.7 Å². The van der Waals surface area contributed by atoms with E-state index in [1.54, 1.807) is 54.7 Å². The van der Waals surface area contributed by atoms with Gasteiger partial charge in [-0.15, -0.1) is 0 Å². The molecule has 0 bridgehead atoms. The fourth-order valence-electron chi connectivity index (χ4n) is 5.76. The number of amides is 5. The van der Waals surface area contributed by atoms with Crippen molar-refractivity contribution in [2.75, 3.05) is 58.6 Å². The van der Waals surface area contributed by atoms with Crippen LogP contribution in [0.4, 0.5) is 10.1 Å². The molecule has 2 aromatic carbocycles. The summed E-state index contributed by atoms with van der Waals surface area (Å²) in [6.07, 6.45) is 3.64. The molecule has 2 atom stereocenters. The second kappa shape index (κ2) is 16.9. The number of carbonyl (C=O) groups is 5. The Morgan fingerprint density at radius 1 is 0.939 bits per heavy atom. The Bertz CT molecular complexity index is 1660. The fraction of sp³-hybridized carbons (Fsp3) is 0.371. The molecule has 2 N–H and O–H groups in total. The molecule has 3 heterocycles. The summed E-state index contributed by atoms with van der Waals surface area (Å²) < 4.78 is 30.3. The quantitative estimate of drug-likeness (QED) is 0.161. The number of nitrogens with one attached hydrogen (secondary N) is 2. The lowest BCUT2D eigenvalue weighted by molar-refractivity contribution is -0.136. The monoisotopic (exact) mass is 675 g/mol. The number of ether oxygens (including phenoxy) is 3. The molecule has 5 rings (SSSR count). The topological polar surface area (TPSA) is 156 Å². The molecule has 13 nitrogen and oxygen atoms in total. The zero-order valence-electron chi connectivity index (χ0n) is 27.1. The number of imide groups is 2. The summed E-state index contributed by atoms with van der Waals surface area (Å²) in [7, 11) is 1.70. The van der Waals surface area contributed by atoms with Gasteiger partial charge in [-0.3, -0.25) is 39.2 Å². The average Bonchev–Trinajstić information content (AvgIpc) is 3.36. The van der Waals surface area contributed by atoms with Crippen LogP contribution in [-0.2, 0) is 28.6 Å². The number of hydrogen-bond donors (Lipinski definition) is 2. The first kappa shape index (κ1) is 35.3. The van der Waals surface area contributed by atoms with E-state index in [4.69, 9.17) is 14.2 Å². The van der Waals surface area contributed by atoms with E-state index in [9.17, 15) is 28.4 Å². The van der Waals surface area contributed by atoms with Crippen molar-refractivity contribution in [2.45, 2.75) is 31.3 Å². The van der Waals surface area contributed by atoms with Gasteiger partial charge >= 0.3 is 0 Å². The first-order valence-corrected chi connectivity index (χ1v) is 16.0. The van der Waals surface area contributed by atoms with E-state index < -0.39 is 35.7 Å². The summed E-state index contributed by atoms with van der Waals surface area (Å²) in [6.45, 7) is 2.11. The lowest BCUT2D eigenvalue weighted by Gasteiger charge is -2.29. The molecule has 2 aliphatic heterocycles. The number of carbonyl (C=O) groups excluding carboxylic acids is 5. The van der Waals surface area contributed by atoms with Crippen molar-refractivity contribution in [3.05, 3.63) is 95.1 Å². The van der Waals surface area contributed by atoms with Crippen LogP contribution >= 0.6 is 0 Å². The number of benzene rings is 2. The molecule has 0 saturated carbocycles. The highest BCUT2D eigenvalue weighted by Crippen LogP contribution is 2.32. The number of anilines is 1. The predicted molar refractivity (Wildman–Crippen MR) is 174 cm³/mol. The van der Waals surface area contributed by atoms with E-state index in [1.807, 2.05) is 6.07 Å². The maximum Gasteiger partial charge on any atom is 0.264 e. The number of hydrogen-bond acceptors (Lipinski definition) is 10. The summed E-state index contributed by atoms with van der Waals surface area (Å²) in [5, 5.41) is 5.31. The third-order valence-electron chi connectivity index (χ3n) is 8.20. The Morgan fingerprint density at radius 3 is 2.35 bits per heavy atom. The minimum absolute atomic E-state index is 0.0528. The number of piperidine rings is 1. The van der Waals surface area contributed by atoms with Gasteiger partial charge in [0, 0.05) is 38.1 Å². The molecule has 2 aliphatic rings. The normalized spacial score (nSPS) is 16.4. The van der Waals surface area contributed by atoms with Crippen molar-refractivity contribution < 1.29 is 42.6 Å². The maximum atomic E-state index is 13.5. The molecule has 2 unspecified atom stereocenters. The number of nitrogens with zero attached hydrogens (tertiary/aromatic N) is 3. The second-order valence-electron chi connectivity index (χ2n) is 11.4. The van der Waals surface area contributed by atoms with Crippen LogP contribution in [0.5, 0.6) is 0 Å². The minimum Gasteiger partial charge on any atom is -0.382 e. The Kier molecular flexibility index (Phi) is 12.1. The lowest BCUT2D eigenvalue weighted by Crippen LogP contribution is -2.54. The zero-order chi connectivity index (χ0) is 34.8. The average molecular weight is 676 g/mol. The number of aromatic nitrogens is 1. The summed E-state index contributed by atoms with van der Waals surface area (Å²) >= 11 is 0. The van der Waals surface area contributed by atoms with E-state index in [2.05, 4.69) is 15.6 Å². The van der Waals surface area contributed by atoms with Gasteiger partial charge in [0.05, 0.1) is 63.2 Å². The molecule has 3 aromatic rings. The zero-order valence-corrected chi connectivity index (χ0v) is 27.1. The van der Waals surface area contributed by atoms with Gasteiger partial charge in [0.2, 0.25) is 17.7 Å². The summed E-state index contributed by atoms with van der Waals surface area (Å²) in [5.74, 6) is -2.72. The van der Waals surface area contributed by atoms with Crippen LogP contribution in [0.25, 0.3) is 0 Å². The maximum absolute atomic E-state index is 13.5. The largest absolute Gasteiger partial charge is 0.382 e. The van der Waals surface area contributed by atoms with E-state index >= 15 is 0 Å². The molecule has 14 heteroatoms. The first-order chi connectivity index (χ1) is 23.8. The first-order valence-electron chi connectivity index (χ1n) is 16.0. The number of halogens is 1. The Hall–Kier alpha value is -5.05. The van der Waals surface area contributed by atoms with Crippen molar-refractivity contribution in [1.82, 2.24) is 20.1 Å². The third kappa shape index (κ3) is 8.71. The predicted octanol–water partition coefficient (Wildman–Crippen LogP) is 2.72. The van der Waals surface area contributed by atoms with Crippen LogP contribution < -0.4 is 10.6 Å². The van der Waals surface area contributed by atoms with Crippen LogP contribution in [0.1, 0.15) is 57.1 Å². The molecule has 1 aromatic heterocycles. The van der Waals surface area contributed by atoms with Crippen molar-refractivity contribution >= 4 is 35.2 Å². The highest BCUT2D eigenvalue weighted by atomic mass is 19.1. The summed E-state index contributed by atoms with van der Waals surface area (Å²) in [4.78, 5) is 69.6. The summed E-state index contributed by atoms with van der Waals surface area (Å²) in [6, 6.07) is 13.1. The van der Waals surface area contributed by atoms with E-state index in [0.717, 1.165) is 16.0 Å². The van der Waals surface area contributed by atoms with Gasteiger partial charge in [-0.25, -0.2) is 4.39 Å². The standard InChI is InChI=1S/C35H38FN5O8/c1-40(32(24-4-3-14-37-22-24)23-7-9-25(36)10-8-23)30(43)13-16-47-18-20-49-21-19-48-17-15-38-27-6-2-5-26-31(27)35(46)41(34(26)45)28-11-12-29(42)39-33(28)44/h2-10,14,22,28,32,38H,11-13,15-21H2,1H3,(H,39,42,44). The van der Waals surface area contributed by atoms with E-state index in [0.29, 0.717) is 45.3 Å². The Balaban J connectivity index is 0.955. The van der Waals surface area contributed by atoms with Crippen molar-refractivity contribution in [3.63, 3.8) is 0 Å². The van der Waals surface area contributed by atoms with Crippen molar-refractivity contribution in [1.29, 1.82) is 0 Å². The molecular formula is C35H38FN5O8. The van der Waals surface area contributed by atoms with Crippen LogP contribution in [0.2, 0.25) is 0 Å². The molecule has 5 amide bonds. The molecule has 0 spiro atoms. The molecule has 0 aliphatic carbocycles. The molecular weight excluding hydrogens is 637 g/mol. The van der Waals surface area contributed by atoms with Gasteiger partial charge in [0.1, 0.15) is 11.9 Å². The number of fused-ring (bicyclic) bond motifs is 1. The lowest BCUT2D eigenvalue weighted by atomic mass is 9.98.